The van der Waals surface area contributed by atoms with E-state index in [2.05, 4.69) is 19.2 Å². The lowest BCUT2D eigenvalue weighted by Crippen LogP contribution is -2.33. The second kappa shape index (κ2) is 5.54. The molecule has 0 bridgehead atoms. The van der Waals surface area contributed by atoms with Crippen molar-refractivity contribution >= 4 is 11.6 Å². The molecule has 1 rings (SSSR count). The average molecular weight is 220 g/mol. The monoisotopic (exact) mass is 220 g/mol. The Balaban J connectivity index is 2.59. The van der Waals surface area contributed by atoms with Crippen LogP contribution in [-0.2, 0) is 0 Å². The molecular weight excluding hydrogens is 200 g/mol. The van der Waals surface area contributed by atoms with Crippen molar-refractivity contribution in [1.82, 2.24) is 5.32 Å². The number of carbonyl (C=O) groups is 1. The van der Waals surface area contributed by atoms with E-state index in [1.807, 2.05) is 6.92 Å². The molecule has 1 aromatic carbocycles. The highest BCUT2D eigenvalue weighted by Crippen LogP contribution is 2.08. The minimum absolute atomic E-state index is 0.0551. The van der Waals surface area contributed by atoms with E-state index in [1.54, 1.807) is 24.3 Å². The maximum atomic E-state index is 11.8. The van der Waals surface area contributed by atoms with Gasteiger partial charge in [0.05, 0.1) is 0 Å². The van der Waals surface area contributed by atoms with Crippen molar-refractivity contribution in [3.8, 4) is 0 Å². The number of nitrogen functional groups attached to an aromatic ring is 1. The summed E-state index contributed by atoms with van der Waals surface area (Å²) in [6, 6.07) is 7.21. The van der Waals surface area contributed by atoms with Gasteiger partial charge in [-0.3, -0.25) is 4.79 Å². The van der Waals surface area contributed by atoms with Gasteiger partial charge in [0.15, 0.2) is 0 Å². The van der Waals surface area contributed by atoms with Crippen LogP contribution < -0.4 is 11.1 Å². The fourth-order valence-electron chi connectivity index (χ4n) is 1.75. The van der Waals surface area contributed by atoms with Gasteiger partial charge in [-0.15, -0.1) is 0 Å². The first-order valence-electron chi connectivity index (χ1n) is 5.65. The van der Waals surface area contributed by atoms with Crippen LogP contribution in [0.25, 0.3) is 0 Å². The fourth-order valence-corrected chi connectivity index (χ4v) is 1.75. The molecule has 1 amide bonds. The number of nitrogens with one attached hydrogen (secondary N) is 1. The molecule has 0 fully saturated rings. The van der Waals surface area contributed by atoms with Crippen LogP contribution in [0.15, 0.2) is 24.3 Å². The van der Waals surface area contributed by atoms with Crippen molar-refractivity contribution in [3.63, 3.8) is 0 Å². The van der Waals surface area contributed by atoms with Gasteiger partial charge in [0.1, 0.15) is 0 Å². The van der Waals surface area contributed by atoms with Crippen LogP contribution in [0, 0.1) is 5.92 Å². The van der Waals surface area contributed by atoms with Crippen LogP contribution >= 0.6 is 0 Å². The highest BCUT2D eigenvalue weighted by atomic mass is 16.1. The van der Waals surface area contributed by atoms with E-state index in [-0.39, 0.29) is 11.9 Å². The van der Waals surface area contributed by atoms with Crippen LogP contribution in [0.1, 0.15) is 37.6 Å². The lowest BCUT2D eigenvalue weighted by Gasteiger charge is -2.16. The first-order valence-corrected chi connectivity index (χ1v) is 5.65. The zero-order chi connectivity index (χ0) is 12.1. The molecule has 3 N–H and O–H groups in total. The summed E-state index contributed by atoms with van der Waals surface area (Å²) in [6.45, 7) is 6.30. The molecule has 1 unspecified atom stereocenters. The first kappa shape index (κ1) is 12.6. The highest BCUT2D eigenvalue weighted by molar-refractivity contribution is 5.95. The number of carbonyl (C=O) groups excluding carboxylic acids is 1. The second-order valence-corrected chi connectivity index (χ2v) is 4.63. The number of nitrogens with two attached hydrogens (primary N) is 1. The zero-order valence-electron chi connectivity index (χ0n) is 10.2. The van der Waals surface area contributed by atoms with E-state index in [0.29, 0.717) is 17.2 Å². The number of rotatable bonds is 4. The van der Waals surface area contributed by atoms with Gasteiger partial charge in [-0.1, -0.05) is 19.9 Å². The summed E-state index contributed by atoms with van der Waals surface area (Å²) in [4.78, 5) is 11.8. The maximum Gasteiger partial charge on any atom is 0.251 e. The summed E-state index contributed by atoms with van der Waals surface area (Å²) < 4.78 is 0. The Morgan fingerprint density at radius 1 is 1.38 bits per heavy atom. The standard InChI is InChI=1S/C13H20N2O/c1-9(2)7-10(3)15-13(16)11-5-4-6-12(14)8-11/h4-6,8-10H,7,14H2,1-3H3,(H,15,16). The van der Waals surface area contributed by atoms with Crippen LogP contribution in [-0.4, -0.2) is 11.9 Å². The molecule has 0 heterocycles. The third-order valence-corrected chi connectivity index (χ3v) is 2.35. The third-order valence-electron chi connectivity index (χ3n) is 2.35. The fraction of sp³-hybridized carbons (Fsp3) is 0.462. The Kier molecular flexibility index (Phi) is 4.35. The number of benzene rings is 1. The maximum absolute atomic E-state index is 11.8. The predicted octanol–water partition coefficient (Wildman–Crippen LogP) is 2.43. The molecule has 0 aromatic heterocycles. The van der Waals surface area contributed by atoms with Crippen molar-refractivity contribution in [2.75, 3.05) is 5.73 Å². The molecule has 0 aliphatic heterocycles. The van der Waals surface area contributed by atoms with Crippen LogP contribution in [0.2, 0.25) is 0 Å². The van der Waals surface area contributed by atoms with Gasteiger partial charge in [-0.25, -0.2) is 0 Å². The molecule has 3 heteroatoms. The SMILES string of the molecule is CC(C)CC(C)NC(=O)c1cccc(N)c1. The van der Waals surface area contributed by atoms with Gasteiger partial charge in [-0.05, 0) is 37.5 Å². The van der Waals surface area contributed by atoms with E-state index < -0.39 is 0 Å². The van der Waals surface area contributed by atoms with Crippen molar-refractivity contribution in [2.45, 2.75) is 33.2 Å². The Morgan fingerprint density at radius 2 is 2.06 bits per heavy atom. The lowest BCUT2D eigenvalue weighted by atomic mass is 10.0. The first-order chi connectivity index (χ1) is 7.49. The third kappa shape index (κ3) is 3.93. The second-order valence-electron chi connectivity index (χ2n) is 4.63. The predicted molar refractivity (Wildman–Crippen MR) is 67.2 cm³/mol. The topological polar surface area (TPSA) is 55.1 Å². The van der Waals surface area contributed by atoms with E-state index >= 15 is 0 Å². The van der Waals surface area contributed by atoms with Crippen LogP contribution in [0.5, 0.6) is 0 Å². The van der Waals surface area contributed by atoms with Gasteiger partial charge < -0.3 is 11.1 Å². The molecule has 1 aromatic rings. The Morgan fingerprint density at radius 3 is 2.62 bits per heavy atom. The molecule has 0 spiro atoms. The van der Waals surface area contributed by atoms with Crippen molar-refractivity contribution < 1.29 is 4.79 Å². The Hall–Kier alpha value is -1.51. The molecule has 0 saturated carbocycles. The van der Waals surface area contributed by atoms with Gasteiger partial charge in [0, 0.05) is 17.3 Å². The van der Waals surface area contributed by atoms with Gasteiger partial charge in [-0.2, -0.15) is 0 Å². The summed E-state index contributed by atoms with van der Waals surface area (Å²) in [5.41, 5.74) is 6.86. The van der Waals surface area contributed by atoms with Gasteiger partial charge in [0.2, 0.25) is 0 Å². The van der Waals surface area contributed by atoms with Gasteiger partial charge in [0.25, 0.3) is 5.91 Å². The van der Waals surface area contributed by atoms with Crippen LogP contribution in [0.3, 0.4) is 0 Å². The highest BCUT2D eigenvalue weighted by Gasteiger charge is 2.10. The molecule has 0 radical (unpaired) electrons. The number of hydrogen-bond donors (Lipinski definition) is 2. The summed E-state index contributed by atoms with van der Waals surface area (Å²) in [5, 5.41) is 2.96. The molecular formula is C13H20N2O. The molecule has 16 heavy (non-hydrogen) atoms. The molecule has 3 nitrogen and oxygen atoms in total. The Bertz CT molecular complexity index is 361. The largest absolute Gasteiger partial charge is 0.399 e. The molecule has 0 aliphatic carbocycles. The van der Waals surface area contributed by atoms with E-state index in [1.165, 1.54) is 0 Å². The zero-order valence-corrected chi connectivity index (χ0v) is 10.2. The smallest absolute Gasteiger partial charge is 0.251 e. The molecule has 88 valence electrons. The van der Waals surface area contributed by atoms with Crippen molar-refractivity contribution in [1.29, 1.82) is 0 Å². The Labute approximate surface area is 97.0 Å². The average Bonchev–Trinajstić information content (AvgIpc) is 2.16. The van der Waals surface area contributed by atoms with Crippen molar-refractivity contribution in [2.24, 2.45) is 5.92 Å². The minimum Gasteiger partial charge on any atom is -0.399 e. The van der Waals surface area contributed by atoms with Gasteiger partial charge >= 0.3 is 0 Å². The summed E-state index contributed by atoms with van der Waals surface area (Å²) in [6.07, 6.45) is 0.980. The minimum atomic E-state index is -0.0551. The molecule has 0 aliphatic rings. The lowest BCUT2D eigenvalue weighted by molar-refractivity contribution is 0.0936. The van der Waals surface area contributed by atoms with E-state index in [4.69, 9.17) is 5.73 Å². The number of amides is 1. The van der Waals surface area contributed by atoms with E-state index in [0.717, 1.165) is 6.42 Å². The summed E-state index contributed by atoms with van der Waals surface area (Å²) >= 11 is 0. The number of hydrogen-bond acceptors (Lipinski definition) is 2. The van der Waals surface area contributed by atoms with Crippen LogP contribution in [0.4, 0.5) is 5.69 Å². The number of anilines is 1. The normalized spacial score (nSPS) is 12.5. The molecule has 0 saturated heterocycles. The summed E-state index contributed by atoms with van der Waals surface area (Å²) in [7, 11) is 0. The molecule has 1 atom stereocenters. The van der Waals surface area contributed by atoms with E-state index in [9.17, 15) is 4.79 Å². The quantitative estimate of drug-likeness (QED) is 0.766. The summed E-state index contributed by atoms with van der Waals surface area (Å²) in [5.74, 6) is 0.525. The van der Waals surface area contributed by atoms with Crippen molar-refractivity contribution in [3.05, 3.63) is 29.8 Å².